The van der Waals surface area contributed by atoms with E-state index in [1.54, 1.807) is 50.4 Å². The Bertz CT molecular complexity index is 998. The van der Waals surface area contributed by atoms with Crippen LogP contribution in [-0.2, 0) is 13.2 Å². The summed E-state index contributed by atoms with van der Waals surface area (Å²) in [5.41, 5.74) is -0.00548. The molecule has 2 heterocycles. The van der Waals surface area contributed by atoms with E-state index in [4.69, 9.17) is 0 Å². The van der Waals surface area contributed by atoms with Crippen molar-refractivity contribution in [2.75, 3.05) is 7.05 Å². The zero-order chi connectivity index (χ0) is 21.3. The van der Waals surface area contributed by atoms with Gasteiger partial charge in [-0.05, 0) is 30.7 Å². The van der Waals surface area contributed by atoms with Crippen LogP contribution >= 0.6 is 11.3 Å². The number of nitrogens with zero attached hydrogens (tertiary/aromatic N) is 3. The highest BCUT2D eigenvalue weighted by Crippen LogP contribution is 2.34. The number of hydrogen-bond acceptors (Lipinski definition) is 4. The van der Waals surface area contributed by atoms with Gasteiger partial charge >= 0.3 is 6.18 Å². The SMILES string of the molecule is CC([C@@H](O)c1ccccc1)N(C)C(=O)c1ccc(-c2cc(C(F)(F)F)n(C)n2)s1. The number of rotatable bonds is 5. The van der Waals surface area contributed by atoms with Crippen LogP contribution in [0.2, 0.25) is 0 Å². The molecule has 0 saturated carbocycles. The zero-order valence-corrected chi connectivity index (χ0v) is 16.8. The third kappa shape index (κ3) is 4.35. The van der Waals surface area contributed by atoms with Crippen molar-refractivity contribution in [2.24, 2.45) is 7.05 Å². The van der Waals surface area contributed by atoms with Crippen LogP contribution in [0, 0.1) is 0 Å². The number of amides is 1. The van der Waals surface area contributed by atoms with E-state index in [2.05, 4.69) is 5.10 Å². The second-order valence-corrected chi connectivity index (χ2v) is 7.80. The average Bonchev–Trinajstić information content (AvgIpc) is 3.32. The Kier molecular flexibility index (Phi) is 5.81. The average molecular weight is 423 g/mol. The number of thiophene rings is 1. The Morgan fingerprint density at radius 2 is 1.86 bits per heavy atom. The lowest BCUT2D eigenvalue weighted by Gasteiger charge is -2.29. The van der Waals surface area contributed by atoms with E-state index in [9.17, 15) is 23.1 Å². The number of aliphatic hydroxyl groups is 1. The number of aryl methyl sites for hydroxylation is 1. The van der Waals surface area contributed by atoms with Gasteiger partial charge in [0.2, 0.25) is 0 Å². The van der Waals surface area contributed by atoms with Crippen LogP contribution in [0.25, 0.3) is 10.6 Å². The van der Waals surface area contributed by atoms with Crippen LogP contribution < -0.4 is 0 Å². The largest absolute Gasteiger partial charge is 0.433 e. The lowest BCUT2D eigenvalue weighted by molar-refractivity contribution is -0.143. The molecule has 3 aromatic rings. The summed E-state index contributed by atoms with van der Waals surface area (Å²) in [6.45, 7) is 1.73. The molecule has 0 spiro atoms. The zero-order valence-electron chi connectivity index (χ0n) is 16.0. The first-order valence-electron chi connectivity index (χ1n) is 8.81. The molecule has 1 amide bonds. The Morgan fingerprint density at radius 3 is 2.45 bits per heavy atom. The molecule has 0 radical (unpaired) electrons. The third-order valence-electron chi connectivity index (χ3n) is 4.77. The van der Waals surface area contributed by atoms with Crippen LogP contribution in [0.15, 0.2) is 48.5 Å². The van der Waals surface area contributed by atoms with Gasteiger partial charge < -0.3 is 10.0 Å². The van der Waals surface area contributed by atoms with E-state index in [0.29, 0.717) is 15.3 Å². The molecule has 0 aliphatic heterocycles. The summed E-state index contributed by atoms with van der Waals surface area (Å²) >= 11 is 1.06. The quantitative estimate of drug-likeness (QED) is 0.663. The molecule has 9 heteroatoms. The van der Waals surface area contributed by atoms with Crippen molar-refractivity contribution in [1.82, 2.24) is 14.7 Å². The molecule has 1 N–H and O–H groups in total. The van der Waals surface area contributed by atoms with Gasteiger partial charge in [0.05, 0.1) is 21.9 Å². The minimum absolute atomic E-state index is 0.156. The maximum absolute atomic E-state index is 13.0. The fraction of sp³-hybridized carbons (Fsp3) is 0.300. The van der Waals surface area contributed by atoms with Crippen molar-refractivity contribution in [3.05, 3.63) is 64.7 Å². The molecule has 154 valence electrons. The highest BCUT2D eigenvalue weighted by atomic mass is 32.1. The topological polar surface area (TPSA) is 58.4 Å². The maximum atomic E-state index is 13.0. The van der Waals surface area contributed by atoms with Crippen molar-refractivity contribution in [3.63, 3.8) is 0 Å². The third-order valence-corrected chi connectivity index (χ3v) is 5.86. The number of aromatic nitrogens is 2. The predicted molar refractivity (Wildman–Crippen MR) is 104 cm³/mol. The Morgan fingerprint density at radius 1 is 1.21 bits per heavy atom. The van der Waals surface area contributed by atoms with Crippen LogP contribution in [0.5, 0.6) is 0 Å². The first-order chi connectivity index (χ1) is 13.6. The lowest BCUT2D eigenvalue weighted by atomic mass is 10.0. The minimum Gasteiger partial charge on any atom is -0.386 e. The van der Waals surface area contributed by atoms with Crippen molar-refractivity contribution in [1.29, 1.82) is 0 Å². The molecule has 1 aromatic carbocycles. The Hall–Kier alpha value is -2.65. The number of carbonyl (C=O) groups excluding carboxylic acids is 1. The fourth-order valence-corrected chi connectivity index (χ4v) is 3.89. The van der Waals surface area contributed by atoms with Gasteiger partial charge in [0.25, 0.3) is 5.91 Å². The Balaban J connectivity index is 1.78. The molecular weight excluding hydrogens is 403 g/mol. The molecule has 0 fully saturated rings. The number of aliphatic hydroxyl groups excluding tert-OH is 1. The summed E-state index contributed by atoms with van der Waals surface area (Å²) in [6.07, 6.45) is -5.37. The summed E-state index contributed by atoms with van der Waals surface area (Å²) in [5.74, 6) is -0.323. The highest BCUT2D eigenvalue weighted by Gasteiger charge is 2.35. The van der Waals surface area contributed by atoms with Crippen LogP contribution in [0.4, 0.5) is 13.2 Å². The molecule has 0 aliphatic carbocycles. The minimum atomic E-state index is -4.50. The van der Waals surface area contributed by atoms with E-state index < -0.39 is 24.0 Å². The Labute approximate surface area is 170 Å². The second-order valence-electron chi connectivity index (χ2n) is 6.71. The molecule has 29 heavy (non-hydrogen) atoms. The smallest absolute Gasteiger partial charge is 0.386 e. The number of benzene rings is 1. The summed E-state index contributed by atoms with van der Waals surface area (Å²) in [5, 5.41) is 14.4. The monoisotopic (exact) mass is 423 g/mol. The number of halogens is 3. The van der Waals surface area contributed by atoms with Gasteiger partial charge in [0.15, 0.2) is 0 Å². The summed E-state index contributed by atoms with van der Waals surface area (Å²) in [6, 6.07) is 12.6. The van der Waals surface area contributed by atoms with Crippen molar-refractivity contribution >= 4 is 17.2 Å². The molecule has 1 unspecified atom stereocenters. The molecule has 3 rings (SSSR count). The van der Waals surface area contributed by atoms with E-state index >= 15 is 0 Å². The van der Waals surface area contributed by atoms with Crippen LogP contribution in [-0.4, -0.2) is 38.8 Å². The normalized spacial score (nSPS) is 13.9. The van der Waals surface area contributed by atoms with E-state index in [1.807, 2.05) is 6.07 Å². The molecule has 0 saturated heterocycles. The van der Waals surface area contributed by atoms with Gasteiger partial charge in [-0.3, -0.25) is 9.48 Å². The van der Waals surface area contributed by atoms with Gasteiger partial charge in [-0.1, -0.05) is 30.3 Å². The van der Waals surface area contributed by atoms with E-state index in [0.717, 1.165) is 22.1 Å². The predicted octanol–water partition coefficient (Wildman–Crippen LogP) is 4.36. The van der Waals surface area contributed by atoms with Crippen LogP contribution in [0.3, 0.4) is 0 Å². The maximum Gasteiger partial charge on any atom is 0.433 e. The molecule has 0 aliphatic rings. The van der Waals surface area contributed by atoms with Gasteiger partial charge in [-0.2, -0.15) is 18.3 Å². The van der Waals surface area contributed by atoms with Gasteiger partial charge in [0.1, 0.15) is 11.4 Å². The van der Waals surface area contributed by atoms with Crippen molar-refractivity contribution in [2.45, 2.75) is 25.2 Å². The van der Waals surface area contributed by atoms with Crippen LogP contribution in [0.1, 0.15) is 34.0 Å². The summed E-state index contributed by atoms with van der Waals surface area (Å²) in [7, 11) is 2.81. The fourth-order valence-electron chi connectivity index (χ4n) is 2.94. The first kappa shape index (κ1) is 21.1. The summed E-state index contributed by atoms with van der Waals surface area (Å²) < 4.78 is 39.7. The number of likely N-dealkylation sites (N-methyl/N-ethyl adjacent to an activating group) is 1. The molecule has 2 atom stereocenters. The van der Waals surface area contributed by atoms with Crippen molar-refractivity contribution in [3.8, 4) is 10.6 Å². The van der Waals surface area contributed by atoms with Gasteiger partial charge in [-0.15, -0.1) is 11.3 Å². The second kappa shape index (κ2) is 8.00. The van der Waals surface area contributed by atoms with Gasteiger partial charge in [-0.25, -0.2) is 0 Å². The number of carbonyl (C=O) groups is 1. The lowest BCUT2D eigenvalue weighted by Crippen LogP contribution is -2.38. The first-order valence-corrected chi connectivity index (χ1v) is 9.63. The van der Waals surface area contributed by atoms with Gasteiger partial charge in [0, 0.05) is 14.1 Å². The number of alkyl halides is 3. The van der Waals surface area contributed by atoms with E-state index in [-0.39, 0.29) is 11.6 Å². The van der Waals surface area contributed by atoms with E-state index in [1.165, 1.54) is 11.9 Å². The molecule has 5 nitrogen and oxygen atoms in total. The standard InChI is InChI=1S/C20H20F3N3O2S/c1-12(18(27)13-7-5-4-6-8-13)25(2)19(28)16-10-9-15(29-16)14-11-17(20(21,22)23)26(3)24-14/h4-12,18,27H,1-3H3/t12?,18-/m1/s1. The molecular formula is C20H20F3N3O2S. The molecule has 2 aromatic heterocycles. The molecule has 0 bridgehead atoms. The van der Waals surface area contributed by atoms with Crippen molar-refractivity contribution < 1.29 is 23.1 Å². The number of hydrogen-bond donors (Lipinski definition) is 1. The highest BCUT2D eigenvalue weighted by molar-refractivity contribution is 7.17. The summed E-state index contributed by atoms with van der Waals surface area (Å²) in [4.78, 5) is 15.1.